The number of fused-ring (bicyclic) bond motifs is 1. The molecule has 32 heavy (non-hydrogen) atoms. The van der Waals surface area contributed by atoms with Gasteiger partial charge in [0.05, 0.1) is 30.2 Å². The van der Waals surface area contributed by atoms with E-state index in [0.29, 0.717) is 27.4 Å². The average Bonchev–Trinajstić information content (AvgIpc) is 3.16. The van der Waals surface area contributed by atoms with E-state index in [1.165, 1.54) is 23.1 Å². The molecule has 0 saturated heterocycles. The number of rotatable bonds is 6. The number of anilines is 1. The number of carbonyl (C=O) groups excluding carboxylic acids is 1. The van der Waals surface area contributed by atoms with Crippen molar-refractivity contribution in [3.8, 4) is 5.75 Å². The van der Waals surface area contributed by atoms with Gasteiger partial charge in [-0.2, -0.15) is 0 Å². The van der Waals surface area contributed by atoms with Gasteiger partial charge in [0.1, 0.15) is 11.6 Å². The third-order valence-electron chi connectivity index (χ3n) is 4.82. The third kappa shape index (κ3) is 4.97. The van der Waals surface area contributed by atoms with Gasteiger partial charge in [0.2, 0.25) is 11.0 Å². The van der Waals surface area contributed by atoms with Crippen molar-refractivity contribution in [3.63, 3.8) is 0 Å². The van der Waals surface area contributed by atoms with Crippen LogP contribution in [0.2, 0.25) is 0 Å². The van der Waals surface area contributed by atoms with Crippen molar-refractivity contribution in [1.29, 1.82) is 0 Å². The van der Waals surface area contributed by atoms with Gasteiger partial charge >= 0.3 is 0 Å². The first-order chi connectivity index (χ1) is 15.6. The summed E-state index contributed by atoms with van der Waals surface area (Å²) >= 11 is 2.54. The van der Waals surface area contributed by atoms with Gasteiger partial charge in [-0.3, -0.25) is 9.79 Å². The summed E-state index contributed by atoms with van der Waals surface area (Å²) in [6.45, 7) is 2.05. The van der Waals surface area contributed by atoms with Crippen LogP contribution in [0.1, 0.15) is 24.8 Å². The van der Waals surface area contributed by atoms with Gasteiger partial charge in [-0.1, -0.05) is 54.3 Å². The van der Waals surface area contributed by atoms with Crippen LogP contribution in [0, 0.1) is 0 Å². The fourth-order valence-electron chi connectivity index (χ4n) is 3.34. The first-order valence-electron chi connectivity index (χ1n) is 9.98. The van der Waals surface area contributed by atoms with Crippen LogP contribution in [0.5, 0.6) is 5.75 Å². The van der Waals surface area contributed by atoms with Crippen molar-refractivity contribution in [2.24, 2.45) is 9.98 Å². The Morgan fingerprint density at radius 1 is 1.12 bits per heavy atom. The topological polar surface area (TPSA) is 115 Å². The largest absolute Gasteiger partial charge is 0.497 e. The number of nitrogens with zero attached hydrogens (tertiary/aromatic N) is 4. The highest BCUT2D eigenvalue weighted by Crippen LogP contribution is 2.35. The Morgan fingerprint density at radius 3 is 2.47 bits per heavy atom. The van der Waals surface area contributed by atoms with Gasteiger partial charge in [0, 0.05) is 5.71 Å². The molecule has 0 aliphatic carbocycles. The highest BCUT2D eigenvalue weighted by molar-refractivity contribution is 8.01. The minimum Gasteiger partial charge on any atom is -0.497 e. The van der Waals surface area contributed by atoms with Gasteiger partial charge < -0.3 is 15.8 Å². The molecule has 164 valence electrons. The van der Waals surface area contributed by atoms with E-state index in [1.807, 2.05) is 48.5 Å². The number of benzene rings is 2. The van der Waals surface area contributed by atoms with Crippen molar-refractivity contribution < 1.29 is 9.53 Å². The SMILES string of the molecule is CCC1=Nc2ccccc2N=C(NC(=O)CSc2nnc(N)s2)[C@@H]1c1ccc(OC)cc1. The summed E-state index contributed by atoms with van der Waals surface area (Å²) in [4.78, 5) is 22.6. The maximum Gasteiger partial charge on any atom is 0.235 e. The number of hydrogen-bond acceptors (Lipinski definition) is 9. The molecular weight excluding hydrogens is 444 g/mol. The third-order valence-corrected chi connectivity index (χ3v) is 6.71. The minimum atomic E-state index is -0.288. The number of nitrogen functional groups attached to an aromatic ring is 1. The Kier molecular flexibility index (Phi) is 6.81. The first-order valence-corrected chi connectivity index (χ1v) is 11.8. The molecule has 3 N–H and O–H groups in total. The number of hydrogen-bond donors (Lipinski definition) is 2. The zero-order chi connectivity index (χ0) is 22.5. The van der Waals surface area contributed by atoms with Crippen molar-refractivity contribution in [2.45, 2.75) is 23.6 Å². The number of aliphatic imine (C=N–C) groups is 2. The van der Waals surface area contributed by atoms with Gasteiger partial charge in [-0.25, -0.2) is 4.99 Å². The molecule has 1 atom stereocenters. The number of ether oxygens (including phenoxy) is 1. The lowest BCUT2D eigenvalue weighted by atomic mass is 9.91. The Hall–Kier alpha value is -3.24. The van der Waals surface area contributed by atoms with Gasteiger partial charge in [0.25, 0.3) is 0 Å². The van der Waals surface area contributed by atoms with E-state index in [2.05, 4.69) is 22.4 Å². The quantitative estimate of drug-likeness (QED) is 0.522. The molecule has 1 amide bonds. The molecule has 4 rings (SSSR count). The zero-order valence-corrected chi connectivity index (χ0v) is 19.2. The van der Waals surface area contributed by atoms with Crippen molar-refractivity contribution in [2.75, 3.05) is 18.6 Å². The van der Waals surface area contributed by atoms with E-state index in [4.69, 9.17) is 20.5 Å². The molecule has 0 saturated carbocycles. The van der Waals surface area contributed by atoms with Crippen molar-refractivity contribution >= 4 is 57.1 Å². The number of nitrogens with one attached hydrogen (secondary N) is 1. The van der Waals surface area contributed by atoms with Crippen LogP contribution in [0.15, 0.2) is 62.9 Å². The molecule has 1 aromatic heterocycles. The highest BCUT2D eigenvalue weighted by atomic mass is 32.2. The summed E-state index contributed by atoms with van der Waals surface area (Å²) in [5.41, 5.74) is 9.02. The average molecular weight is 467 g/mol. The van der Waals surface area contributed by atoms with Crippen LogP contribution in [-0.4, -0.2) is 40.5 Å². The second kappa shape index (κ2) is 9.92. The standard InChI is InChI=1S/C22H22N6O2S2/c1-3-15-19(13-8-10-14(30-2)11-9-13)20(25-17-7-5-4-6-16(17)24-15)26-18(29)12-31-22-28-27-21(23)32-22/h4-11,19H,3,12H2,1-2H3,(H2,23,27)(H,25,26,29)/t19-/m1/s1. The van der Waals surface area contributed by atoms with Crippen LogP contribution in [0.25, 0.3) is 0 Å². The molecular formula is C22H22N6O2S2. The van der Waals surface area contributed by atoms with Gasteiger partial charge in [-0.15, -0.1) is 10.2 Å². The zero-order valence-electron chi connectivity index (χ0n) is 17.6. The molecule has 1 aliphatic heterocycles. The lowest BCUT2D eigenvalue weighted by molar-refractivity contribution is -0.117. The number of amidine groups is 1. The fraction of sp³-hybridized carbons (Fsp3) is 0.227. The van der Waals surface area contributed by atoms with E-state index < -0.39 is 0 Å². The molecule has 1 aliphatic rings. The fourth-order valence-corrected chi connectivity index (χ4v) is 4.78. The molecule has 0 radical (unpaired) electrons. The van der Waals surface area contributed by atoms with Gasteiger partial charge in [0.15, 0.2) is 4.34 Å². The summed E-state index contributed by atoms with van der Waals surface area (Å²) in [5, 5.41) is 11.1. The Bertz CT molecular complexity index is 1170. The molecule has 2 heterocycles. The van der Waals surface area contributed by atoms with E-state index in [9.17, 15) is 4.79 Å². The van der Waals surface area contributed by atoms with Crippen LogP contribution in [-0.2, 0) is 4.79 Å². The Morgan fingerprint density at radius 2 is 1.84 bits per heavy atom. The number of carbonyl (C=O) groups is 1. The summed E-state index contributed by atoms with van der Waals surface area (Å²) < 4.78 is 5.95. The molecule has 8 nitrogen and oxygen atoms in total. The number of thioether (sulfide) groups is 1. The smallest absolute Gasteiger partial charge is 0.235 e. The number of amides is 1. The van der Waals surface area contributed by atoms with E-state index in [-0.39, 0.29) is 17.6 Å². The number of methoxy groups -OCH3 is 1. The lowest BCUT2D eigenvalue weighted by Crippen LogP contribution is -2.38. The highest BCUT2D eigenvalue weighted by Gasteiger charge is 2.28. The second-order valence-corrected chi connectivity index (χ2v) is 9.12. The van der Waals surface area contributed by atoms with E-state index in [0.717, 1.165) is 22.7 Å². The lowest BCUT2D eigenvalue weighted by Gasteiger charge is -2.21. The molecule has 0 unspecified atom stereocenters. The molecule has 0 bridgehead atoms. The number of nitrogens with two attached hydrogens (primary N) is 1. The Balaban J connectivity index is 1.66. The second-order valence-electron chi connectivity index (χ2n) is 6.89. The predicted molar refractivity (Wildman–Crippen MR) is 130 cm³/mol. The minimum absolute atomic E-state index is 0.170. The summed E-state index contributed by atoms with van der Waals surface area (Å²) in [6.07, 6.45) is 0.707. The van der Waals surface area contributed by atoms with E-state index >= 15 is 0 Å². The van der Waals surface area contributed by atoms with Crippen molar-refractivity contribution in [1.82, 2.24) is 15.5 Å². The van der Waals surface area contributed by atoms with Crippen molar-refractivity contribution in [3.05, 3.63) is 54.1 Å². The summed E-state index contributed by atoms with van der Waals surface area (Å²) in [7, 11) is 1.63. The molecule has 0 spiro atoms. The normalized spacial score (nSPS) is 15.2. The van der Waals surface area contributed by atoms with Crippen LogP contribution >= 0.6 is 23.1 Å². The van der Waals surface area contributed by atoms with Crippen LogP contribution in [0.4, 0.5) is 16.5 Å². The number of aromatic nitrogens is 2. The number of para-hydroxylation sites is 2. The van der Waals surface area contributed by atoms with E-state index in [1.54, 1.807) is 7.11 Å². The Labute approximate surface area is 194 Å². The first kappa shape index (κ1) is 22.0. The monoisotopic (exact) mass is 466 g/mol. The van der Waals surface area contributed by atoms with Crippen LogP contribution in [0.3, 0.4) is 0 Å². The summed E-state index contributed by atoms with van der Waals surface area (Å²) in [6, 6.07) is 15.4. The van der Waals surface area contributed by atoms with Gasteiger partial charge in [-0.05, 0) is 36.2 Å². The maximum absolute atomic E-state index is 12.8. The molecule has 10 heteroatoms. The summed E-state index contributed by atoms with van der Waals surface area (Å²) in [5.74, 6) is 1.00. The molecule has 0 fully saturated rings. The van der Waals surface area contributed by atoms with Crippen LogP contribution < -0.4 is 15.8 Å². The molecule has 3 aromatic rings. The molecule has 2 aromatic carbocycles. The predicted octanol–water partition coefficient (Wildman–Crippen LogP) is 4.35. The maximum atomic E-state index is 12.8.